The van der Waals surface area contributed by atoms with Crippen LogP contribution in [0.15, 0.2) is 24.2 Å². The van der Waals surface area contributed by atoms with E-state index in [-0.39, 0.29) is 61.2 Å². The molecule has 6 saturated carbocycles. The molecule has 17 heteroatoms. The molecule has 74 heavy (non-hydrogen) atoms. The van der Waals surface area contributed by atoms with Crippen molar-refractivity contribution in [2.75, 3.05) is 26.4 Å². The number of aliphatic hydroxyl groups excluding tert-OH is 7. The second-order valence-corrected chi connectivity index (χ2v) is 27.1. The summed E-state index contributed by atoms with van der Waals surface area (Å²) in [4.78, 5) is 36.5. The van der Waals surface area contributed by atoms with Crippen LogP contribution in [0.25, 0.3) is 0 Å². The number of aliphatic carboxylic acids is 1. The molecule has 3 heterocycles. The van der Waals surface area contributed by atoms with Crippen LogP contribution in [-0.2, 0) is 19.1 Å². The Morgan fingerprint density at radius 2 is 1.62 bits per heavy atom. The minimum Gasteiger partial charge on any atom is -0.481 e. The van der Waals surface area contributed by atoms with Crippen molar-refractivity contribution in [3.63, 3.8) is 0 Å². The van der Waals surface area contributed by atoms with Gasteiger partial charge in [-0.3, -0.25) is 9.59 Å². The van der Waals surface area contributed by atoms with Crippen molar-refractivity contribution in [2.45, 2.75) is 211 Å². The topological polar surface area (TPSA) is 293 Å². The van der Waals surface area contributed by atoms with E-state index < -0.39 is 98.9 Å². The molecule has 0 unspecified atom stereocenters. The molecule has 0 bridgehead atoms. The summed E-state index contributed by atoms with van der Waals surface area (Å²) < 4.78 is 12.7. The van der Waals surface area contributed by atoms with Gasteiger partial charge in [-0.25, -0.2) is 4.98 Å². The predicted octanol–water partition coefficient (Wildman–Crippen LogP) is 4.23. The zero-order chi connectivity index (χ0) is 53.0. The van der Waals surface area contributed by atoms with Crippen molar-refractivity contribution < 1.29 is 59.9 Å². The van der Waals surface area contributed by atoms with Gasteiger partial charge in [0.1, 0.15) is 24.5 Å². The van der Waals surface area contributed by atoms with Gasteiger partial charge >= 0.3 is 5.97 Å². The molecule has 21 atom stereocenters. The van der Waals surface area contributed by atoms with Gasteiger partial charge in [0, 0.05) is 54.4 Å². The summed E-state index contributed by atoms with van der Waals surface area (Å²) in [5.74, 6) is -2.97. The molecule has 2 saturated heterocycles. The number of aromatic nitrogens is 2. The fourth-order valence-corrected chi connectivity index (χ4v) is 19.2. The Morgan fingerprint density at radius 1 is 0.905 bits per heavy atom. The molecular formula is C57H91N5O12. The third kappa shape index (κ3) is 8.35. The highest BCUT2D eigenvalue weighted by Crippen LogP contribution is 2.77. The quantitative estimate of drug-likeness (QED) is 0.0665. The average Bonchev–Trinajstić information content (AvgIpc) is 4.25. The van der Waals surface area contributed by atoms with Crippen molar-refractivity contribution in [1.29, 1.82) is 0 Å². The number of carbonyl (C=O) groups is 2. The van der Waals surface area contributed by atoms with Gasteiger partial charge in [0.2, 0.25) is 5.91 Å². The zero-order valence-corrected chi connectivity index (χ0v) is 44.8. The number of nitrogens with zero attached hydrogens (tertiary/aromatic N) is 1. The maximum Gasteiger partial charge on any atom is 0.310 e. The second-order valence-electron chi connectivity index (χ2n) is 27.1. The summed E-state index contributed by atoms with van der Waals surface area (Å²) >= 11 is 0. The van der Waals surface area contributed by atoms with E-state index in [1.54, 1.807) is 12.5 Å². The van der Waals surface area contributed by atoms with Crippen LogP contribution in [0.1, 0.15) is 162 Å². The Hall–Kier alpha value is -2.55. The summed E-state index contributed by atoms with van der Waals surface area (Å²) in [5, 5.41) is 98.8. The SMILES string of the molecule is C[C@]1(CO)CC[C@]2(C(=O)O)CC[C@]3(C)C(=CC[C@@H]4[C@@]5(C)[C@H](C[C@@H]6[C@@H]([C@H](C[C@H](CNC7CCCC7)[C@@H](N)O)c7cnc[nH]7)NC(=O)C67CCCC7)[C@@H](O)[C@@H](O[C@@H]6OC[C@@H](O)[C@H](O)[C@H]6O)[C@@](C)(CO)[C@H]5CC[C@]43C)[C@@H]2C1. The van der Waals surface area contributed by atoms with Crippen LogP contribution >= 0.6 is 0 Å². The Labute approximate surface area is 437 Å². The van der Waals surface area contributed by atoms with Gasteiger partial charge in [-0.05, 0) is 141 Å². The van der Waals surface area contributed by atoms with Gasteiger partial charge in [0.05, 0.1) is 42.6 Å². The smallest absolute Gasteiger partial charge is 0.310 e. The minimum atomic E-state index is -1.64. The number of hydrogen-bond donors (Lipinski definition) is 12. The van der Waals surface area contributed by atoms with E-state index in [9.17, 15) is 45.6 Å². The Bertz CT molecular complexity index is 2220. The molecule has 17 nitrogen and oxygen atoms in total. The number of carboxylic acids is 1. The van der Waals surface area contributed by atoms with E-state index in [1.807, 2.05) is 6.92 Å². The van der Waals surface area contributed by atoms with Crippen LogP contribution in [0.5, 0.6) is 0 Å². The van der Waals surface area contributed by atoms with Crippen molar-refractivity contribution >= 4 is 11.9 Å². The third-order valence-electron chi connectivity index (χ3n) is 23.8. The van der Waals surface area contributed by atoms with Crippen LogP contribution in [-0.4, -0.2) is 144 Å². The first-order valence-electron chi connectivity index (χ1n) is 28.7. The number of H-pyrrole nitrogens is 1. The second kappa shape index (κ2) is 20.0. The number of carboxylic acid groups (broad SMARTS) is 1. The lowest BCUT2D eigenvalue weighted by molar-refractivity contribution is -0.340. The van der Waals surface area contributed by atoms with Crippen molar-refractivity contribution in [3.05, 3.63) is 29.9 Å². The first-order chi connectivity index (χ1) is 35.1. The lowest BCUT2D eigenvalue weighted by Gasteiger charge is -2.73. The monoisotopic (exact) mass is 1040 g/mol. The van der Waals surface area contributed by atoms with Gasteiger partial charge in [0.15, 0.2) is 6.29 Å². The van der Waals surface area contributed by atoms with Gasteiger partial charge < -0.3 is 71.7 Å². The molecule has 416 valence electrons. The number of amides is 1. The highest BCUT2D eigenvalue weighted by molar-refractivity contribution is 5.86. The molecular weight excluding hydrogens is 947 g/mol. The standard InChI is InChI=1S/C57H91N5O12/c1-51(28-63)18-20-57(50(71)72)21-19-53(3)34(37(57)24-51)12-13-41-54(53,4)17-14-40-52(2,29-64)46(74-48-45(68)44(67)39(65)27-73-48)43(66)36(55(40,41)5)23-35-42(62-49(70)56(35)15-8-9-16-56)33(38-26-59-30-61-38)22-31(47(58)69)25-60-32-10-6-7-11-32/h12,26,30-33,35-37,39-48,60,63-69H,6-11,13-25,27-29,58H2,1-5H3,(H,59,61)(H,62,70)(H,71,72)/t31-,33-,35-,36-,37+,39-,40-,41+,42-,43-,44+,45-,46-,47+,48+,51+,52+,53-,54-,55+,57+/m1/s1. The number of rotatable bonds is 15. The number of hydrogen-bond acceptors (Lipinski definition) is 14. The first-order valence-corrected chi connectivity index (χ1v) is 28.7. The highest BCUT2D eigenvalue weighted by Gasteiger charge is 2.74. The van der Waals surface area contributed by atoms with Crippen LogP contribution in [0.3, 0.4) is 0 Å². The van der Waals surface area contributed by atoms with E-state index in [1.165, 1.54) is 5.57 Å². The lowest BCUT2D eigenvalue weighted by atomic mass is 9.31. The lowest BCUT2D eigenvalue weighted by Crippen LogP contribution is -2.72. The van der Waals surface area contributed by atoms with Gasteiger partial charge in [0.25, 0.3) is 0 Å². The number of aliphatic hydroxyl groups is 7. The normalized spacial score (nSPS) is 47.2. The Morgan fingerprint density at radius 3 is 2.27 bits per heavy atom. The molecule has 7 aliphatic carbocycles. The van der Waals surface area contributed by atoms with Crippen molar-refractivity contribution in [1.82, 2.24) is 20.6 Å². The number of aromatic amines is 1. The number of nitrogens with one attached hydrogen (secondary N) is 3. The van der Waals surface area contributed by atoms with Crippen LogP contribution < -0.4 is 16.4 Å². The predicted molar refractivity (Wildman–Crippen MR) is 273 cm³/mol. The fraction of sp³-hybridized carbons (Fsp3) is 0.877. The Kier molecular flexibility index (Phi) is 14.8. The molecule has 1 amide bonds. The number of fused-ring (bicyclic) bond motifs is 7. The van der Waals surface area contributed by atoms with Crippen molar-refractivity contribution in [3.8, 4) is 0 Å². The molecule has 13 N–H and O–H groups in total. The number of imidazole rings is 1. The third-order valence-corrected chi connectivity index (χ3v) is 23.8. The number of nitrogens with two attached hydrogens (primary N) is 1. The summed E-state index contributed by atoms with van der Waals surface area (Å²) in [5.41, 5.74) is 3.68. The minimum absolute atomic E-state index is 0.00701. The average molecular weight is 1040 g/mol. The van der Waals surface area contributed by atoms with Crippen molar-refractivity contribution in [2.24, 2.45) is 79.1 Å². The molecule has 2 aliphatic heterocycles. The molecule has 1 spiro atoms. The van der Waals surface area contributed by atoms with Crippen LogP contribution in [0, 0.1) is 73.4 Å². The molecule has 9 aliphatic rings. The number of carbonyl (C=O) groups excluding carboxylic acids is 1. The van der Waals surface area contributed by atoms with E-state index in [0.29, 0.717) is 83.2 Å². The Balaban J connectivity index is 1.10. The van der Waals surface area contributed by atoms with Gasteiger partial charge in [-0.1, -0.05) is 72.0 Å². The summed E-state index contributed by atoms with van der Waals surface area (Å²) in [6, 6.07) is -0.100. The highest BCUT2D eigenvalue weighted by atomic mass is 16.7. The largest absolute Gasteiger partial charge is 0.481 e. The van der Waals surface area contributed by atoms with E-state index in [2.05, 4.69) is 54.4 Å². The maximum absolute atomic E-state index is 15.1. The van der Waals surface area contributed by atoms with E-state index >= 15 is 4.79 Å². The summed E-state index contributed by atoms with van der Waals surface area (Å²) in [7, 11) is 0. The number of ether oxygens (including phenoxy) is 2. The first kappa shape index (κ1) is 54.8. The van der Waals surface area contributed by atoms with Gasteiger partial charge in [-0.15, -0.1) is 0 Å². The molecule has 10 rings (SSSR count). The molecule has 0 aromatic carbocycles. The van der Waals surface area contributed by atoms with Crippen LogP contribution in [0.4, 0.5) is 0 Å². The molecule has 1 aromatic rings. The number of allylic oxidation sites excluding steroid dienone is 2. The molecule has 1 aromatic heterocycles. The van der Waals surface area contributed by atoms with Crippen LogP contribution in [0.2, 0.25) is 0 Å². The summed E-state index contributed by atoms with van der Waals surface area (Å²) in [6.45, 7) is 10.9. The molecule has 8 fully saturated rings. The fourth-order valence-electron chi connectivity index (χ4n) is 19.2. The summed E-state index contributed by atoms with van der Waals surface area (Å²) in [6.07, 6.45) is 9.65. The van der Waals surface area contributed by atoms with Gasteiger partial charge in [-0.2, -0.15) is 0 Å². The maximum atomic E-state index is 15.1. The van der Waals surface area contributed by atoms with E-state index in [4.69, 9.17) is 15.2 Å². The van der Waals surface area contributed by atoms with E-state index in [0.717, 1.165) is 50.6 Å². The molecule has 0 radical (unpaired) electrons. The zero-order valence-electron chi connectivity index (χ0n) is 44.8.